The molecule has 0 atom stereocenters. The zero-order valence-corrected chi connectivity index (χ0v) is 23.1. The third-order valence-electron chi connectivity index (χ3n) is 6.60. The SMILES string of the molecule is CCCCCCC=CCCCCCCCCOCCCCCCCCC=CCCCCCC. The minimum atomic E-state index is 0.978. The van der Waals surface area contributed by atoms with Crippen LogP contribution in [0.15, 0.2) is 24.3 Å². The highest BCUT2D eigenvalue weighted by Crippen LogP contribution is 2.11. The molecule has 0 amide bonds. The molecule has 0 aromatic heterocycles. The van der Waals surface area contributed by atoms with Crippen molar-refractivity contribution >= 4 is 0 Å². The summed E-state index contributed by atoms with van der Waals surface area (Å²) in [6.07, 6.45) is 42.2. The molecule has 0 aromatic carbocycles. The lowest BCUT2D eigenvalue weighted by Crippen LogP contribution is -1.97. The average Bonchev–Trinajstić information content (AvgIpc) is 2.83. The van der Waals surface area contributed by atoms with Gasteiger partial charge in [0.1, 0.15) is 0 Å². The molecule has 1 heteroatoms. The van der Waals surface area contributed by atoms with Gasteiger partial charge in [-0.2, -0.15) is 0 Å². The molecule has 0 bridgehead atoms. The Labute approximate surface area is 210 Å². The molecule has 0 aliphatic carbocycles. The van der Waals surface area contributed by atoms with Crippen LogP contribution in [-0.2, 0) is 4.74 Å². The summed E-state index contributed by atoms with van der Waals surface area (Å²) in [7, 11) is 0. The molecule has 1 nitrogen and oxygen atoms in total. The largest absolute Gasteiger partial charge is 0.381 e. The van der Waals surface area contributed by atoms with E-state index in [1.165, 1.54) is 154 Å². The Morgan fingerprint density at radius 3 is 0.939 bits per heavy atom. The van der Waals surface area contributed by atoms with Crippen molar-refractivity contribution in [1.82, 2.24) is 0 Å². The van der Waals surface area contributed by atoms with E-state index in [2.05, 4.69) is 38.2 Å². The Morgan fingerprint density at radius 2 is 0.606 bits per heavy atom. The first-order valence-electron chi connectivity index (χ1n) is 15.3. The van der Waals surface area contributed by atoms with Crippen LogP contribution in [0.5, 0.6) is 0 Å². The third-order valence-corrected chi connectivity index (χ3v) is 6.60. The van der Waals surface area contributed by atoms with Gasteiger partial charge in [-0.1, -0.05) is 128 Å². The van der Waals surface area contributed by atoms with E-state index in [-0.39, 0.29) is 0 Å². The van der Waals surface area contributed by atoms with Gasteiger partial charge in [-0.15, -0.1) is 0 Å². The van der Waals surface area contributed by atoms with Crippen LogP contribution in [0.2, 0.25) is 0 Å². The summed E-state index contributed by atoms with van der Waals surface area (Å²) in [5.74, 6) is 0. The van der Waals surface area contributed by atoms with E-state index in [0.717, 1.165) is 13.2 Å². The molecule has 0 aromatic rings. The summed E-state index contributed by atoms with van der Waals surface area (Å²) in [6.45, 7) is 6.52. The van der Waals surface area contributed by atoms with Crippen LogP contribution in [0.25, 0.3) is 0 Å². The smallest absolute Gasteiger partial charge is 0.0466 e. The number of allylic oxidation sites excluding steroid dienone is 4. The van der Waals surface area contributed by atoms with Crippen molar-refractivity contribution in [2.24, 2.45) is 0 Å². The van der Waals surface area contributed by atoms with Gasteiger partial charge in [0, 0.05) is 13.2 Å². The molecule has 33 heavy (non-hydrogen) atoms. The van der Waals surface area contributed by atoms with Crippen LogP contribution in [0.4, 0.5) is 0 Å². The summed E-state index contributed by atoms with van der Waals surface area (Å²) in [4.78, 5) is 0. The van der Waals surface area contributed by atoms with Gasteiger partial charge in [-0.05, 0) is 64.2 Å². The van der Waals surface area contributed by atoms with Crippen molar-refractivity contribution in [3.05, 3.63) is 24.3 Å². The van der Waals surface area contributed by atoms with E-state index >= 15 is 0 Å². The first-order valence-corrected chi connectivity index (χ1v) is 15.3. The molecule has 0 N–H and O–H groups in total. The first-order chi connectivity index (χ1) is 16.4. The summed E-state index contributed by atoms with van der Waals surface area (Å²) in [5, 5.41) is 0. The monoisotopic (exact) mass is 462 g/mol. The fraction of sp³-hybridized carbons (Fsp3) is 0.875. The van der Waals surface area contributed by atoms with Crippen LogP contribution in [0.1, 0.15) is 168 Å². The van der Waals surface area contributed by atoms with Crippen LogP contribution < -0.4 is 0 Å². The lowest BCUT2D eigenvalue weighted by Gasteiger charge is -2.05. The summed E-state index contributed by atoms with van der Waals surface area (Å²) >= 11 is 0. The van der Waals surface area contributed by atoms with E-state index in [1.54, 1.807) is 0 Å². The molecule has 0 fully saturated rings. The fourth-order valence-corrected chi connectivity index (χ4v) is 4.30. The predicted octanol–water partition coefficient (Wildman–Crippen LogP) is 11.5. The molecule has 0 saturated carbocycles. The molecule has 0 unspecified atom stereocenters. The molecular weight excluding hydrogens is 400 g/mol. The van der Waals surface area contributed by atoms with E-state index in [4.69, 9.17) is 4.74 Å². The topological polar surface area (TPSA) is 9.23 Å². The maximum atomic E-state index is 5.83. The van der Waals surface area contributed by atoms with Crippen molar-refractivity contribution in [1.29, 1.82) is 0 Å². The Balaban J connectivity index is 3.08. The second-order valence-electron chi connectivity index (χ2n) is 10.1. The molecule has 0 saturated heterocycles. The van der Waals surface area contributed by atoms with Gasteiger partial charge in [0.2, 0.25) is 0 Å². The fourth-order valence-electron chi connectivity index (χ4n) is 4.30. The Morgan fingerprint density at radius 1 is 0.333 bits per heavy atom. The second kappa shape index (κ2) is 31.4. The van der Waals surface area contributed by atoms with E-state index < -0.39 is 0 Å². The summed E-state index contributed by atoms with van der Waals surface area (Å²) in [6, 6.07) is 0. The Bertz CT molecular complexity index is 348. The quantitative estimate of drug-likeness (QED) is 0.0829. The van der Waals surface area contributed by atoms with Crippen molar-refractivity contribution in [3.63, 3.8) is 0 Å². The van der Waals surface area contributed by atoms with Crippen molar-refractivity contribution < 1.29 is 4.74 Å². The normalized spacial score (nSPS) is 11.9. The standard InChI is InChI=1S/C32H62O/c1-3-5-7-9-11-13-15-17-19-21-23-25-27-29-31-33-32-30-28-26-24-22-20-18-16-14-12-10-8-6-4-2/h13-16H,3-12,17-32H2,1-2H3. The van der Waals surface area contributed by atoms with Gasteiger partial charge >= 0.3 is 0 Å². The lowest BCUT2D eigenvalue weighted by molar-refractivity contribution is 0.125. The maximum Gasteiger partial charge on any atom is 0.0466 e. The van der Waals surface area contributed by atoms with Crippen LogP contribution >= 0.6 is 0 Å². The second-order valence-corrected chi connectivity index (χ2v) is 10.1. The Kier molecular flexibility index (Phi) is 30.9. The lowest BCUT2D eigenvalue weighted by atomic mass is 10.1. The van der Waals surface area contributed by atoms with Crippen molar-refractivity contribution in [2.75, 3.05) is 13.2 Å². The van der Waals surface area contributed by atoms with E-state index in [0.29, 0.717) is 0 Å². The minimum absolute atomic E-state index is 0.978. The van der Waals surface area contributed by atoms with Gasteiger partial charge in [-0.3, -0.25) is 0 Å². The van der Waals surface area contributed by atoms with E-state index in [1.807, 2.05) is 0 Å². The molecule has 0 aliphatic rings. The van der Waals surface area contributed by atoms with Gasteiger partial charge in [0.05, 0.1) is 0 Å². The van der Waals surface area contributed by atoms with Gasteiger partial charge in [0.25, 0.3) is 0 Å². The highest BCUT2D eigenvalue weighted by Gasteiger charge is 1.94. The number of rotatable bonds is 28. The summed E-state index contributed by atoms with van der Waals surface area (Å²) < 4.78 is 5.83. The van der Waals surface area contributed by atoms with Crippen LogP contribution in [-0.4, -0.2) is 13.2 Å². The predicted molar refractivity (Wildman–Crippen MR) is 151 cm³/mol. The van der Waals surface area contributed by atoms with Crippen LogP contribution in [0.3, 0.4) is 0 Å². The Hall–Kier alpha value is -0.560. The number of hydrogen-bond donors (Lipinski definition) is 0. The van der Waals surface area contributed by atoms with Gasteiger partial charge < -0.3 is 4.74 Å². The van der Waals surface area contributed by atoms with E-state index in [9.17, 15) is 0 Å². The first kappa shape index (κ1) is 32.4. The van der Waals surface area contributed by atoms with Gasteiger partial charge in [0.15, 0.2) is 0 Å². The number of hydrogen-bond acceptors (Lipinski definition) is 1. The molecule has 0 rings (SSSR count). The zero-order chi connectivity index (χ0) is 23.9. The molecule has 0 heterocycles. The average molecular weight is 463 g/mol. The van der Waals surface area contributed by atoms with Crippen molar-refractivity contribution in [2.45, 2.75) is 168 Å². The van der Waals surface area contributed by atoms with Crippen molar-refractivity contribution in [3.8, 4) is 0 Å². The van der Waals surface area contributed by atoms with Crippen LogP contribution in [0, 0.1) is 0 Å². The minimum Gasteiger partial charge on any atom is -0.381 e. The highest BCUT2D eigenvalue weighted by molar-refractivity contribution is 4.81. The number of ether oxygens (including phenoxy) is 1. The number of unbranched alkanes of at least 4 members (excludes halogenated alkanes) is 20. The molecule has 0 aliphatic heterocycles. The highest BCUT2D eigenvalue weighted by atomic mass is 16.5. The molecule has 0 spiro atoms. The zero-order valence-electron chi connectivity index (χ0n) is 23.1. The third kappa shape index (κ3) is 31.4. The molecule has 0 radical (unpaired) electrons. The molecular formula is C32H62O. The molecule has 196 valence electrons. The maximum absolute atomic E-state index is 5.83. The van der Waals surface area contributed by atoms with Gasteiger partial charge in [-0.25, -0.2) is 0 Å². The summed E-state index contributed by atoms with van der Waals surface area (Å²) in [5.41, 5.74) is 0.